The van der Waals surface area contributed by atoms with E-state index in [0.29, 0.717) is 26.4 Å². The highest BCUT2D eigenvalue weighted by atomic mass is 16.7. The highest BCUT2D eigenvalue weighted by Crippen LogP contribution is 2.37. The van der Waals surface area contributed by atoms with Gasteiger partial charge in [-0.25, -0.2) is 0 Å². The molecule has 8 heteroatoms. The molecule has 0 aromatic rings. The molecule has 0 unspecified atom stereocenters. The minimum Gasteiger partial charge on any atom is -0.400 e. The summed E-state index contributed by atoms with van der Waals surface area (Å²) in [7, 11) is -0.579. The summed E-state index contributed by atoms with van der Waals surface area (Å²) >= 11 is 0. The second-order valence-corrected chi connectivity index (χ2v) is 12.1. The van der Waals surface area contributed by atoms with E-state index >= 15 is 0 Å². The van der Waals surface area contributed by atoms with Gasteiger partial charge in [0.15, 0.2) is 0 Å². The van der Waals surface area contributed by atoms with Gasteiger partial charge in [-0.05, 0) is 76.2 Å². The van der Waals surface area contributed by atoms with Gasteiger partial charge in [-0.3, -0.25) is 0 Å². The molecule has 0 bridgehead atoms. The summed E-state index contributed by atoms with van der Waals surface area (Å²) in [5.74, 6) is 3.81. The van der Waals surface area contributed by atoms with Crippen LogP contribution >= 0.6 is 0 Å². The summed E-state index contributed by atoms with van der Waals surface area (Å²) in [6.45, 7) is 28.5. The van der Waals surface area contributed by atoms with Crippen LogP contribution in [0.15, 0.2) is 72.2 Å². The third-order valence-corrected chi connectivity index (χ3v) is 6.95. The topological polar surface area (TPSA) is 55.4 Å². The molecule has 0 radical (unpaired) electrons. The van der Waals surface area contributed by atoms with E-state index in [1.165, 1.54) is 5.57 Å². The molecule has 0 aliphatic carbocycles. The van der Waals surface area contributed by atoms with Crippen LogP contribution in [0.1, 0.15) is 76.2 Å². The van der Waals surface area contributed by atoms with E-state index in [0.717, 1.165) is 5.57 Å². The molecule has 0 amide bonds. The first-order valence-electron chi connectivity index (χ1n) is 13.8. The first-order valence-corrected chi connectivity index (χ1v) is 13.8. The first-order chi connectivity index (χ1) is 18.0. The summed E-state index contributed by atoms with van der Waals surface area (Å²) in [6.07, 6.45) is 13.8. The SMILES string of the molecule is C=C(C)/C=C/COC/C=C/B1OC(C)(C)C(C)(C)O1.CC(C)=C/C=C/COC/C=C/B1OC(C)(C)C(C)(C)O1. The molecular weight excluding hydrogens is 490 g/mol. The van der Waals surface area contributed by atoms with Gasteiger partial charge in [0, 0.05) is 0 Å². The molecule has 2 saturated heterocycles. The third-order valence-electron chi connectivity index (χ3n) is 6.95. The largest absolute Gasteiger partial charge is 0.486 e. The van der Waals surface area contributed by atoms with E-state index in [1.54, 1.807) is 0 Å². The van der Waals surface area contributed by atoms with Crippen LogP contribution in [0.4, 0.5) is 0 Å². The van der Waals surface area contributed by atoms with Crippen molar-refractivity contribution < 1.29 is 28.1 Å². The lowest BCUT2D eigenvalue weighted by atomic mass is 9.90. The predicted molar refractivity (Wildman–Crippen MR) is 165 cm³/mol. The number of hydrogen-bond acceptors (Lipinski definition) is 6. The maximum atomic E-state index is 5.85. The minimum atomic E-state index is -0.292. The van der Waals surface area contributed by atoms with Gasteiger partial charge in [-0.2, -0.15) is 0 Å². The first kappa shape index (κ1) is 35.4. The predicted octanol–water partition coefficient (Wildman–Crippen LogP) is 7.04. The molecular formula is C31H52B2O6. The van der Waals surface area contributed by atoms with Crippen molar-refractivity contribution in [3.8, 4) is 0 Å². The maximum Gasteiger partial charge on any atom is 0.486 e. The van der Waals surface area contributed by atoms with Crippen LogP contribution < -0.4 is 0 Å². The van der Waals surface area contributed by atoms with E-state index < -0.39 is 0 Å². The molecule has 2 heterocycles. The van der Waals surface area contributed by atoms with Gasteiger partial charge in [-0.15, -0.1) is 0 Å². The van der Waals surface area contributed by atoms with Gasteiger partial charge in [0.25, 0.3) is 0 Å². The Morgan fingerprint density at radius 3 is 1.33 bits per heavy atom. The van der Waals surface area contributed by atoms with Crippen LogP contribution in [0.2, 0.25) is 0 Å². The molecule has 2 rings (SSSR count). The zero-order chi connectivity index (χ0) is 29.7. The minimum absolute atomic E-state index is 0.282. The molecule has 0 aromatic carbocycles. The Morgan fingerprint density at radius 2 is 0.974 bits per heavy atom. The molecule has 6 nitrogen and oxygen atoms in total. The molecule has 39 heavy (non-hydrogen) atoms. The Bertz CT molecular complexity index is 876. The summed E-state index contributed by atoms with van der Waals surface area (Å²) in [5.41, 5.74) is 1.17. The smallest absolute Gasteiger partial charge is 0.400 e. The van der Waals surface area contributed by atoms with Crippen LogP contribution in [-0.2, 0) is 28.1 Å². The van der Waals surface area contributed by atoms with Gasteiger partial charge < -0.3 is 28.1 Å². The quantitative estimate of drug-likeness (QED) is 0.150. The number of ether oxygens (including phenoxy) is 2. The second kappa shape index (κ2) is 15.9. The highest BCUT2D eigenvalue weighted by Gasteiger charge is 2.50. The van der Waals surface area contributed by atoms with Crippen molar-refractivity contribution in [2.75, 3.05) is 26.4 Å². The highest BCUT2D eigenvalue weighted by molar-refractivity contribution is 6.52. The summed E-state index contributed by atoms with van der Waals surface area (Å²) in [5, 5.41) is 0. The Morgan fingerprint density at radius 1 is 0.615 bits per heavy atom. The maximum absolute atomic E-state index is 5.85. The van der Waals surface area contributed by atoms with Gasteiger partial charge in [-0.1, -0.05) is 72.2 Å². The molecule has 2 fully saturated rings. The molecule has 0 aromatic heterocycles. The lowest BCUT2D eigenvalue weighted by Crippen LogP contribution is -2.41. The Hall–Kier alpha value is -1.67. The molecule has 2 aliphatic rings. The summed E-state index contributed by atoms with van der Waals surface area (Å²) in [4.78, 5) is 0. The fraction of sp³-hybridized carbons (Fsp3) is 0.613. The van der Waals surface area contributed by atoms with Crippen molar-refractivity contribution in [3.05, 3.63) is 72.2 Å². The van der Waals surface area contributed by atoms with Crippen LogP contribution in [-0.4, -0.2) is 63.1 Å². The molecule has 0 atom stereocenters. The molecule has 218 valence electrons. The number of rotatable bonds is 12. The van der Waals surface area contributed by atoms with Crippen LogP contribution in [0.25, 0.3) is 0 Å². The zero-order valence-electron chi connectivity index (χ0n) is 26.3. The molecule has 2 aliphatic heterocycles. The normalized spacial score (nSPS) is 21.3. The van der Waals surface area contributed by atoms with Crippen molar-refractivity contribution in [3.63, 3.8) is 0 Å². The van der Waals surface area contributed by atoms with Gasteiger partial charge in [0.05, 0.1) is 48.8 Å². The van der Waals surface area contributed by atoms with Crippen molar-refractivity contribution in [2.24, 2.45) is 0 Å². The average Bonchev–Trinajstić information content (AvgIpc) is 3.13. The standard InChI is InChI=1S/C16H27BO3.C15H25BO3/c1-14(2)10-7-8-12-18-13-9-11-17-19-15(3,4)16(5,6)20-17;1-13(2)9-7-11-17-12-8-10-16-18-14(3,4)15(5,6)19-16/h7-11H,12-13H2,1-6H3;7-10H,1,11-12H2,2-6H3/b8-7+,11-9+;9-7+,10-8+. The van der Waals surface area contributed by atoms with Crippen molar-refractivity contribution in [1.29, 1.82) is 0 Å². The number of hydrogen-bond donors (Lipinski definition) is 0. The lowest BCUT2D eigenvalue weighted by molar-refractivity contribution is 0.00578. The van der Waals surface area contributed by atoms with E-state index in [4.69, 9.17) is 28.1 Å². The van der Waals surface area contributed by atoms with Crippen LogP contribution in [0, 0.1) is 0 Å². The van der Waals surface area contributed by atoms with E-state index in [9.17, 15) is 0 Å². The third kappa shape index (κ3) is 13.0. The fourth-order valence-electron chi connectivity index (χ4n) is 3.24. The molecule has 0 N–H and O–H groups in total. The molecule has 0 saturated carbocycles. The summed E-state index contributed by atoms with van der Waals surface area (Å²) in [6, 6.07) is 0. The van der Waals surface area contributed by atoms with Crippen molar-refractivity contribution in [2.45, 2.75) is 98.6 Å². The van der Waals surface area contributed by atoms with Crippen LogP contribution in [0.3, 0.4) is 0 Å². The van der Waals surface area contributed by atoms with Crippen molar-refractivity contribution >= 4 is 14.2 Å². The van der Waals surface area contributed by atoms with E-state index in [1.807, 2.05) is 111 Å². The van der Waals surface area contributed by atoms with E-state index in [2.05, 4.69) is 26.5 Å². The second-order valence-electron chi connectivity index (χ2n) is 12.1. The monoisotopic (exact) mass is 542 g/mol. The average molecular weight is 542 g/mol. The van der Waals surface area contributed by atoms with Gasteiger partial charge in [0.2, 0.25) is 0 Å². The molecule has 0 spiro atoms. The van der Waals surface area contributed by atoms with Crippen molar-refractivity contribution in [1.82, 2.24) is 0 Å². The van der Waals surface area contributed by atoms with E-state index in [-0.39, 0.29) is 36.6 Å². The zero-order valence-corrected chi connectivity index (χ0v) is 26.3. The van der Waals surface area contributed by atoms with Gasteiger partial charge in [0.1, 0.15) is 0 Å². The Kier molecular flexibility index (Phi) is 14.5. The lowest BCUT2D eigenvalue weighted by Gasteiger charge is -2.32. The number of allylic oxidation sites excluding steroid dienone is 5. The van der Waals surface area contributed by atoms with Gasteiger partial charge >= 0.3 is 14.2 Å². The van der Waals surface area contributed by atoms with Crippen LogP contribution in [0.5, 0.6) is 0 Å². The Balaban J connectivity index is 0.000000391. The Labute approximate surface area is 239 Å². The fourth-order valence-corrected chi connectivity index (χ4v) is 3.24. The summed E-state index contributed by atoms with van der Waals surface area (Å²) < 4.78 is 34.3.